The highest BCUT2D eigenvalue weighted by atomic mass is 16.1. The van der Waals surface area contributed by atoms with Crippen molar-refractivity contribution in [3.63, 3.8) is 0 Å². The molecule has 5 nitrogen and oxygen atoms in total. The van der Waals surface area contributed by atoms with E-state index in [1.807, 2.05) is 0 Å². The van der Waals surface area contributed by atoms with Gasteiger partial charge in [-0.25, -0.2) is 4.98 Å². The Bertz CT molecular complexity index is 306. The predicted octanol–water partition coefficient (Wildman–Crippen LogP) is -0.134. The van der Waals surface area contributed by atoms with Gasteiger partial charge in [-0.3, -0.25) is 4.79 Å². The van der Waals surface area contributed by atoms with Crippen molar-refractivity contribution >= 4 is 5.91 Å². The van der Waals surface area contributed by atoms with Crippen molar-refractivity contribution in [1.29, 1.82) is 0 Å². The fraction of sp³-hybridized carbons (Fsp3) is 0.556. The molecule has 3 N–H and O–H groups in total. The molecule has 78 valence electrons. The normalized spacial score (nSPS) is 10.8. The Morgan fingerprint density at radius 3 is 3.00 bits per heavy atom. The van der Waals surface area contributed by atoms with Crippen LogP contribution in [0.5, 0.6) is 0 Å². The number of primary amides is 1. The van der Waals surface area contributed by atoms with E-state index in [4.69, 9.17) is 5.73 Å². The van der Waals surface area contributed by atoms with Crippen molar-refractivity contribution in [2.75, 3.05) is 0 Å². The minimum Gasteiger partial charge on any atom is -0.368 e. The fourth-order valence-corrected chi connectivity index (χ4v) is 1.11. The lowest BCUT2D eigenvalue weighted by Crippen LogP contribution is -2.26. The third-order valence-electron chi connectivity index (χ3n) is 1.80. The number of nitrogens with one attached hydrogen (secondary N) is 1. The number of imidazole rings is 1. The summed E-state index contributed by atoms with van der Waals surface area (Å²) in [5, 5.41) is 3.23. The van der Waals surface area contributed by atoms with Gasteiger partial charge < -0.3 is 15.6 Å². The van der Waals surface area contributed by atoms with Crippen LogP contribution in [-0.2, 0) is 17.9 Å². The first-order valence-electron chi connectivity index (χ1n) is 4.61. The highest BCUT2D eigenvalue weighted by Crippen LogP contribution is 1.97. The van der Waals surface area contributed by atoms with Gasteiger partial charge >= 0.3 is 0 Å². The highest BCUT2D eigenvalue weighted by Gasteiger charge is 2.04. The molecule has 0 aliphatic heterocycles. The number of carbonyl (C=O) groups is 1. The quantitative estimate of drug-likeness (QED) is 0.688. The van der Waals surface area contributed by atoms with E-state index in [2.05, 4.69) is 24.1 Å². The predicted molar refractivity (Wildman–Crippen MR) is 53.4 cm³/mol. The summed E-state index contributed by atoms with van der Waals surface area (Å²) in [5.41, 5.74) is 5.10. The molecule has 0 bridgehead atoms. The molecule has 14 heavy (non-hydrogen) atoms. The summed E-state index contributed by atoms with van der Waals surface area (Å²) in [5.74, 6) is 0.478. The Kier molecular flexibility index (Phi) is 3.64. The summed E-state index contributed by atoms with van der Waals surface area (Å²) in [6.45, 7) is 4.95. The van der Waals surface area contributed by atoms with Crippen LogP contribution >= 0.6 is 0 Å². The summed E-state index contributed by atoms with van der Waals surface area (Å²) < 4.78 is 1.75. The Hall–Kier alpha value is -1.36. The minimum absolute atomic E-state index is 0.190. The summed E-state index contributed by atoms with van der Waals surface area (Å²) in [4.78, 5) is 14.8. The largest absolute Gasteiger partial charge is 0.368 e. The van der Waals surface area contributed by atoms with Gasteiger partial charge in [0.05, 0.1) is 6.54 Å². The number of aromatic nitrogens is 2. The van der Waals surface area contributed by atoms with E-state index in [-0.39, 0.29) is 12.5 Å². The molecule has 0 atom stereocenters. The average Bonchev–Trinajstić information content (AvgIpc) is 2.47. The Morgan fingerprint density at radius 2 is 2.43 bits per heavy atom. The number of nitrogens with zero attached hydrogens (tertiary/aromatic N) is 2. The molecule has 0 aliphatic rings. The maximum absolute atomic E-state index is 10.7. The molecule has 0 radical (unpaired) electrons. The third kappa shape index (κ3) is 3.18. The summed E-state index contributed by atoms with van der Waals surface area (Å²) >= 11 is 0. The second kappa shape index (κ2) is 4.76. The van der Waals surface area contributed by atoms with E-state index >= 15 is 0 Å². The van der Waals surface area contributed by atoms with E-state index in [1.54, 1.807) is 17.0 Å². The first-order valence-corrected chi connectivity index (χ1v) is 4.61. The van der Waals surface area contributed by atoms with Gasteiger partial charge in [0.1, 0.15) is 12.4 Å². The van der Waals surface area contributed by atoms with Crippen LogP contribution in [0, 0.1) is 0 Å². The molecule has 0 fully saturated rings. The molecular formula is C9H16N4O. The Labute approximate surface area is 83.3 Å². The molecule has 0 aromatic carbocycles. The molecule has 0 aliphatic carbocycles. The van der Waals surface area contributed by atoms with Crippen LogP contribution in [0.15, 0.2) is 12.4 Å². The zero-order valence-corrected chi connectivity index (χ0v) is 8.53. The van der Waals surface area contributed by atoms with Crippen molar-refractivity contribution in [2.45, 2.75) is 33.0 Å². The maximum atomic E-state index is 10.7. The number of amides is 1. The molecular weight excluding hydrogens is 180 g/mol. The van der Waals surface area contributed by atoms with E-state index in [9.17, 15) is 4.79 Å². The van der Waals surface area contributed by atoms with Crippen LogP contribution in [0.1, 0.15) is 19.7 Å². The smallest absolute Gasteiger partial charge is 0.237 e. The van der Waals surface area contributed by atoms with Crippen molar-refractivity contribution in [3.05, 3.63) is 18.2 Å². The van der Waals surface area contributed by atoms with Gasteiger partial charge in [-0.2, -0.15) is 0 Å². The van der Waals surface area contributed by atoms with Crippen molar-refractivity contribution < 1.29 is 4.79 Å². The maximum Gasteiger partial charge on any atom is 0.237 e. The lowest BCUT2D eigenvalue weighted by molar-refractivity contribution is -0.118. The molecule has 1 rings (SSSR count). The number of nitrogens with two attached hydrogens (primary N) is 1. The fourth-order valence-electron chi connectivity index (χ4n) is 1.11. The van der Waals surface area contributed by atoms with Gasteiger partial charge in [-0.05, 0) is 0 Å². The van der Waals surface area contributed by atoms with Crippen LogP contribution in [0.3, 0.4) is 0 Å². The van der Waals surface area contributed by atoms with Crippen LogP contribution in [0.2, 0.25) is 0 Å². The van der Waals surface area contributed by atoms with Crippen LogP contribution < -0.4 is 11.1 Å². The van der Waals surface area contributed by atoms with Gasteiger partial charge in [0.25, 0.3) is 0 Å². The van der Waals surface area contributed by atoms with Gasteiger partial charge in [0, 0.05) is 18.4 Å². The molecule has 5 heteroatoms. The molecule has 1 aromatic heterocycles. The SMILES string of the molecule is CC(C)NCc1nccn1CC(N)=O. The number of hydrogen-bond acceptors (Lipinski definition) is 3. The van der Waals surface area contributed by atoms with Crippen molar-refractivity contribution in [1.82, 2.24) is 14.9 Å². The number of hydrogen-bond donors (Lipinski definition) is 2. The second-order valence-corrected chi connectivity index (χ2v) is 3.47. The third-order valence-corrected chi connectivity index (χ3v) is 1.80. The molecule has 1 amide bonds. The van der Waals surface area contributed by atoms with E-state index in [1.165, 1.54) is 0 Å². The standard InChI is InChI=1S/C9H16N4O/c1-7(2)12-5-9-11-3-4-13(9)6-8(10)14/h3-4,7,12H,5-6H2,1-2H3,(H2,10,14). The molecule has 0 saturated carbocycles. The first-order chi connectivity index (χ1) is 6.59. The molecule has 0 spiro atoms. The summed E-state index contributed by atoms with van der Waals surface area (Å²) in [7, 11) is 0. The summed E-state index contributed by atoms with van der Waals surface area (Å²) in [6, 6.07) is 0.397. The number of carbonyl (C=O) groups excluding carboxylic acids is 1. The molecule has 0 unspecified atom stereocenters. The lowest BCUT2D eigenvalue weighted by atomic mass is 10.4. The molecule has 0 saturated heterocycles. The zero-order valence-electron chi connectivity index (χ0n) is 8.53. The summed E-state index contributed by atoms with van der Waals surface area (Å²) in [6.07, 6.45) is 3.42. The zero-order chi connectivity index (χ0) is 10.6. The first kappa shape index (κ1) is 10.7. The monoisotopic (exact) mass is 196 g/mol. The highest BCUT2D eigenvalue weighted by molar-refractivity contribution is 5.73. The van der Waals surface area contributed by atoms with Gasteiger partial charge in [0.2, 0.25) is 5.91 Å². The minimum atomic E-state index is -0.353. The Balaban J connectivity index is 2.58. The van der Waals surface area contributed by atoms with Crippen molar-refractivity contribution in [2.24, 2.45) is 5.73 Å². The van der Waals surface area contributed by atoms with Gasteiger partial charge in [0.15, 0.2) is 0 Å². The van der Waals surface area contributed by atoms with Crippen LogP contribution in [-0.4, -0.2) is 21.5 Å². The lowest BCUT2D eigenvalue weighted by Gasteiger charge is -2.09. The van der Waals surface area contributed by atoms with Crippen molar-refractivity contribution in [3.8, 4) is 0 Å². The van der Waals surface area contributed by atoms with E-state index in [0.717, 1.165) is 5.82 Å². The average molecular weight is 196 g/mol. The molecule has 1 aromatic rings. The Morgan fingerprint density at radius 1 is 1.71 bits per heavy atom. The van der Waals surface area contributed by atoms with Crippen LogP contribution in [0.4, 0.5) is 0 Å². The van der Waals surface area contributed by atoms with Gasteiger partial charge in [-0.15, -0.1) is 0 Å². The number of rotatable bonds is 5. The topological polar surface area (TPSA) is 72.9 Å². The van der Waals surface area contributed by atoms with Crippen LogP contribution in [0.25, 0.3) is 0 Å². The van der Waals surface area contributed by atoms with E-state index < -0.39 is 0 Å². The second-order valence-electron chi connectivity index (χ2n) is 3.47. The molecule has 1 heterocycles. The van der Waals surface area contributed by atoms with E-state index in [0.29, 0.717) is 12.6 Å². The van der Waals surface area contributed by atoms with Gasteiger partial charge in [-0.1, -0.05) is 13.8 Å².